The monoisotopic (exact) mass is 165 g/mol. The maximum Gasteiger partial charge on any atom is 0.0849 e. The Balaban J connectivity index is 2.31. The molecule has 0 bridgehead atoms. The number of rotatable bonds is 0. The first-order valence-corrected chi connectivity index (χ1v) is 4.76. The van der Waals surface area contributed by atoms with Crippen molar-refractivity contribution in [3.8, 4) is 0 Å². The molecule has 1 aliphatic heterocycles. The SMILES string of the molecule is CC1=CC2N=CSC2C=C1C. The Morgan fingerprint density at radius 1 is 1.27 bits per heavy atom. The van der Waals surface area contributed by atoms with Crippen molar-refractivity contribution in [3.63, 3.8) is 0 Å². The van der Waals surface area contributed by atoms with Gasteiger partial charge in [-0.1, -0.05) is 23.3 Å². The van der Waals surface area contributed by atoms with E-state index < -0.39 is 0 Å². The molecule has 0 aromatic heterocycles. The highest BCUT2D eigenvalue weighted by Crippen LogP contribution is 2.31. The van der Waals surface area contributed by atoms with E-state index in [1.807, 2.05) is 17.3 Å². The lowest BCUT2D eigenvalue weighted by molar-refractivity contribution is 0.843. The molecule has 0 amide bonds. The van der Waals surface area contributed by atoms with Crippen molar-refractivity contribution in [3.05, 3.63) is 23.3 Å². The van der Waals surface area contributed by atoms with Crippen LogP contribution in [0.5, 0.6) is 0 Å². The van der Waals surface area contributed by atoms with Gasteiger partial charge in [-0.3, -0.25) is 4.99 Å². The summed E-state index contributed by atoms with van der Waals surface area (Å²) in [6, 6.07) is 0.420. The summed E-state index contributed by atoms with van der Waals surface area (Å²) in [6.45, 7) is 4.32. The number of nitrogens with zero attached hydrogens (tertiary/aromatic N) is 1. The zero-order chi connectivity index (χ0) is 7.84. The summed E-state index contributed by atoms with van der Waals surface area (Å²) in [5, 5.41) is 0.582. The molecule has 0 fully saturated rings. The second-order valence-corrected chi connectivity index (χ2v) is 4.07. The average Bonchev–Trinajstić information content (AvgIpc) is 2.36. The number of thioether (sulfide) groups is 1. The van der Waals surface area contributed by atoms with Crippen molar-refractivity contribution in [2.75, 3.05) is 0 Å². The van der Waals surface area contributed by atoms with Crippen LogP contribution in [0.15, 0.2) is 28.3 Å². The van der Waals surface area contributed by atoms with Crippen molar-refractivity contribution in [2.24, 2.45) is 4.99 Å². The van der Waals surface area contributed by atoms with Gasteiger partial charge in [0.1, 0.15) is 0 Å². The lowest BCUT2D eigenvalue weighted by atomic mass is 9.97. The van der Waals surface area contributed by atoms with Gasteiger partial charge in [-0.2, -0.15) is 0 Å². The lowest BCUT2D eigenvalue weighted by Crippen LogP contribution is -2.16. The molecule has 2 atom stereocenters. The summed E-state index contributed by atoms with van der Waals surface area (Å²) in [7, 11) is 0. The third-order valence-electron chi connectivity index (χ3n) is 2.24. The van der Waals surface area contributed by atoms with E-state index >= 15 is 0 Å². The smallest absolute Gasteiger partial charge is 0.0849 e. The topological polar surface area (TPSA) is 12.4 Å². The molecule has 1 nitrogen and oxygen atoms in total. The number of aliphatic imine (C=N–C) groups is 1. The average molecular weight is 165 g/mol. The van der Waals surface area contributed by atoms with Crippen molar-refractivity contribution in [1.29, 1.82) is 0 Å². The molecule has 0 saturated carbocycles. The standard InChI is InChI=1S/C9H11NS/c1-6-3-8-9(4-7(6)2)11-5-10-8/h3-5,8-9H,1-2H3. The van der Waals surface area contributed by atoms with E-state index in [0.29, 0.717) is 11.3 Å². The van der Waals surface area contributed by atoms with Crippen LogP contribution in [-0.4, -0.2) is 16.8 Å². The molecule has 11 heavy (non-hydrogen) atoms. The molecule has 0 N–H and O–H groups in total. The Morgan fingerprint density at radius 3 is 2.82 bits per heavy atom. The van der Waals surface area contributed by atoms with Gasteiger partial charge in [-0.15, -0.1) is 11.8 Å². The van der Waals surface area contributed by atoms with Crippen LogP contribution in [-0.2, 0) is 0 Å². The molecule has 1 heterocycles. The summed E-state index contributed by atoms with van der Waals surface area (Å²) in [4.78, 5) is 4.36. The third kappa shape index (κ3) is 1.16. The fraction of sp³-hybridized carbons (Fsp3) is 0.444. The Labute approximate surface area is 71.3 Å². The van der Waals surface area contributed by atoms with Crippen LogP contribution in [0.2, 0.25) is 0 Å². The molecule has 58 valence electrons. The first-order chi connectivity index (χ1) is 5.27. The molecule has 0 spiro atoms. The Bertz CT molecular complexity index is 263. The van der Waals surface area contributed by atoms with E-state index in [1.165, 1.54) is 11.1 Å². The quantitative estimate of drug-likeness (QED) is 0.537. The van der Waals surface area contributed by atoms with Crippen molar-refractivity contribution >= 4 is 17.3 Å². The summed E-state index contributed by atoms with van der Waals surface area (Å²) < 4.78 is 0. The zero-order valence-electron chi connectivity index (χ0n) is 6.74. The first-order valence-electron chi connectivity index (χ1n) is 3.82. The van der Waals surface area contributed by atoms with Crippen LogP contribution in [0.25, 0.3) is 0 Å². The summed E-state index contributed by atoms with van der Waals surface area (Å²) >= 11 is 1.82. The molecule has 2 unspecified atom stereocenters. The van der Waals surface area contributed by atoms with Gasteiger partial charge >= 0.3 is 0 Å². The van der Waals surface area contributed by atoms with Gasteiger partial charge in [0.05, 0.1) is 16.8 Å². The number of allylic oxidation sites excluding steroid dienone is 2. The molecular weight excluding hydrogens is 154 g/mol. The second kappa shape index (κ2) is 2.52. The minimum Gasteiger partial charge on any atom is -0.277 e. The van der Waals surface area contributed by atoms with Gasteiger partial charge in [0, 0.05) is 0 Å². The van der Waals surface area contributed by atoms with Gasteiger partial charge in [-0.05, 0) is 13.8 Å². The molecular formula is C9H11NS. The Kier molecular flexibility index (Phi) is 1.64. The molecule has 2 heteroatoms. The molecule has 0 aromatic rings. The lowest BCUT2D eigenvalue weighted by Gasteiger charge is -2.18. The first kappa shape index (κ1) is 7.17. The van der Waals surface area contributed by atoms with E-state index in [0.717, 1.165) is 0 Å². The molecule has 0 saturated heterocycles. The normalized spacial score (nSPS) is 34.7. The zero-order valence-corrected chi connectivity index (χ0v) is 7.56. The fourth-order valence-electron chi connectivity index (χ4n) is 1.38. The van der Waals surface area contributed by atoms with Gasteiger partial charge in [-0.25, -0.2) is 0 Å². The second-order valence-electron chi connectivity index (χ2n) is 3.05. The summed E-state index contributed by atoms with van der Waals surface area (Å²) in [5.41, 5.74) is 4.75. The highest BCUT2D eigenvalue weighted by Gasteiger charge is 2.24. The van der Waals surface area contributed by atoms with Gasteiger partial charge in [0.15, 0.2) is 0 Å². The maximum atomic E-state index is 4.36. The van der Waals surface area contributed by atoms with Crippen LogP contribution in [0.1, 0.15) is 13.8 Å². The minimum atomic E-state index is 0.420. The van der Waals surface area contributed by atoms with Crippen LogP contribution < -0.4 is 0 Å². The molecule has 2 aliphatic rings. The highest BCUT2D eigenvalue weighted by atomic mass is 32.2. The van der Waals surface area contributed by atoms with Crippen LogP contribution in [0, 0.1) is 0 Å². The van der Waals surface area contributed by atoms with E-state index in [1.54, 1.807) is 0 Å². The van der Waals surface area contributed by atoms with E-state index in [2.05, 4.69) is 31.0 Å². The van der Waals surface area contributed by atoms with E-state index in [-0.39, 0.29) is 0 Å². The molecule has 0 radical (unpaired) electrons. The highest BCUT2D eigenvalue weighted by molar-refractivity contribution is 8.13. The predicted molar refractivity (Wildman–Crippen MR) is 51.2 cm³/mol. The number of hydrogen-bond acceptors (Lipinski definition) is 2. The largest absolute Gasteiger partial charge is 0.277 e. The fourth-order valence-corrected chi connectivity index (χ4v) is 2.33. The summed E-state index contributed by atoms with van der Waals surface area (Å²) in [6.07, 6.45) is 4.58. The van der Waals surface area contributed by atoms with Gasteiger partial charge in [0.2, 0.25) is 0 Å². The predicted octanol–water partition coefficient (Wildman–Crippen LogP) is 2.40. The van der Waals surface area contributed by atoms with E-state index in [9.17, 15) is 0 Å². The minimum absolute atomic E-state index is 0.420. The van der Waals surface area contributed by atoms with Crippen LogP contribution in [0.3, 0.4) is 0 Å². The van der Waals surface area contributed by atoms with Crippen LogP contribution >= 0.6 is 11.8 Å². The molecule has 0 aromatic carbocycles. The number of fused-ring (bicyclic) bond motifs is 1. The summed E-state index contributed by atoms with van der Waals surface area (Å²) in [5.74, 6) is 0. The van der Waals surface area contributed by atoms with Crippen molar-refractivity contribution in [2.45, 2.75) is 25.1 Å². The van der Waals surface area contributed by atoms with Crippen molar-refractivity contribution < 1.29 is 0 Å². The maximum absolute atomic E-state index is 4.36. The van der Waals surface area contributed by atoms with Gasteiger partial charge < -0.3 is 0 Å². The van der Waals surface area contributed by atoms with Crippen LogP contribution in [0.4, 0.5) is 0 Å². The number of hydrogen-bond donors (Lipinski definition) is 0. The Morgan fingerprint density at radius 2 is 2.00 bits per heavy atom. The van der Waals surface area contributed by atoms with Gasteiger partial charge in [0.25, 0.3) is 0 Å². The van der Waals surface area contributed by atoms with E-state index in [4.69, 9.17) is 0 Å². The molecule has 1 aliphatic carbocycles. The van der Waals surface area contributed by atoms with Crippen molar-refractivity contribution in [1.82, 2.24) is 0 Å². The molecule has 2 rings (SSSR count). The third-order valence-corrected chi connectivity index (χ3v) is 3.22. The Hall–Kier alpha value is -0.500.